The first-order chi connectivity index (χ1) is 10.3. The van der Waals surface area contributed by atoms with Crippen molar-refractivity contribution in [3.63, 3.8) is 0 Å². The van der Waals surface area contributed by atoms with Crippen LogP contribution in [0.3, 0.4) is 0 Å². The van der Waals surface area contributed by atoms with Crippen molar-refractivity contribution in [2.24, 2.45) is 0 Å². The summed E-state index contributed by atoms with van der Waals surface area (Å²) < 4.78 is 11.4. The van der Waals surface area contributed by atoms with Crippen molar-refractivity contribution < 1.29 is 9.15 Å². The van der Waals surface area contributed by atoms with Gasteiger partial charge < -0.3 is 14.5 Å². The number of nitrogens with one attached hydrogen (secondary N) is 1. The first-order valence-corrected chi connectivity index (χ1v) is 8.64. The van der Waals surface area contributed by atoms with Crippen LogP contribution in [0.5, 0.6) is 0 Å². The second kappa shape index (κ2) is 11.8. The molecule has 3 heteroatoms. The van der Waals surface area contributed by atoms with Crippen LogP contribution in [0, 0.1) is 6.92 Å². The Morgan fingerprint density at radius 1 is 1.05 bits per heavy atom. The number of ether oxygens (including phenoxy) is 1. The Bertz CT molecular complexity index is 360. The molecule has 0 aliphatic carbocycles. The number of furan rings is 1. The van der Waals surface area contributed by atoms with Gasteiger partial charge >= 0.3 is 0 Å². The minimum Gasteiger partial charge on any atom is -0.464 e. The minimum absolute atomic E-state index is 0.601. The van der Waals surface area contributed by atoms with Gasteiger partial charge in [0.1, 0.15) is 18.1 Å². The zero-order valence-corrected chi connectivity index (χ0v) is 14.2. The molecule has 0 amide bonds. The Morgan fingerprint density at radius 3 is 2.57 bits per heavy atom. The van der Waals surface area contributed by atoms with Gasteiger partial charge in [0.2, 0.25) is 0 Å². The van der Waals surface area contributed by atoms with E-state index >= 15 is 0 Å². The highest BCUT2D eigenvalue weighted by atomic mass is 16.5. The molecule has 0 spiro atoms. The third kappa shape index (κ3) is 8.27. The summed E-state index contributed by atoms with van der Waals surface area (Å²) in [4.78, 5) is 0. The predicted molar refractivity (Wildman–Crippen MR) is 88.5 cm³/mol. The molecule has 3 nitrogen and oxygen atoms in total. The predicted octanol–water partition coefficient (Wildman–Crippen LogP) is 4.96. The molecule has 1 heterocycles. The molecular weight excluding hydrogens is 262 g/mol. The molecule has 1 aromatic heterocycles. The van der Waals surface area contributed by atoms with Gasteiger partial charge in [0.05, 0.1) is 0 Å². The van der Waals surface area contributed by atoms with Crippen LogP contribution in [0.15, 0.2) is 10.5 Å². The second-order valence-electron chi connectivity index (χ2n) is 5.79. The number of unbranched alkanes of at least 4 members (excludes halogenated alkanes) is 5. The lowest BCUT2D eigenvalue weighted by Gasteiger charge is -2.02. The molecule has 0 unspecified atom stereocenters. The molecule has 0 saturated carbocycles. The summed E-state index contributed by atoms with van der Waals surface area (Å²) in [5.41, 5.74) is 1.25. The van der Waals surface area contributed by atoms with Gasteiger partial charge in [-0.05, 0) is 32.4 Å². The van der Waals surface area contributed by atoms with Crippen LogP contribution in [-0.4, -0.2) is 13.2 Å². The molecule has 0 atom stereocenters. The molecule has 1 aromatic rings. The van der Waals surface area contributed by atoms with Gasteiger partial charge in [0, 0.05) is 18.7 Å². The van der Waals surface area contributed by atoms with Crippen molar-refractivity contribution in [1.29, 1.82) is 0 Å². The molecule has 0 radical (unpaired) electrons. The molecule has 0 bridgehead atoms. The molecule has 122 valence electrons. The van der Waals surface area contributed by atoms with Gasteiger partial charge in [0.25, 0.3) is 0 Å². The fourth-order valence-corrected chi connectivity index (χ4v) is 2.39. The Morgan fingerprint density at radius 2 is 1.81 bits per heavy atom. The van der Waals surface area contributed by atoms with E-state index < -0.39 is 0 Å². The van der Waals surface area contributed by atoms with Gasteiger partial charge in [0.15, 0.2) is 0 Å². The Kier molecular flexibility index (Phi) is 10.3. The lowest BCUT2D eigenvalue weighted by molar-refractivity contribution is 0.102. The van der Waals surface area contributed by atoms with Crippen LogP contribution < -0.4 is 5.32 Å². The molecule has 0 aliphatic heterocycles. The monoisotopic (exact) mass is 295 g/mol. The van der Waals surface area contributed by atoms with Crippen LogP contribution in [0.25, 0.3) is 0 Å². The van der Waals surface area contributed by atoms with Crippen molar-refractivity contribution in [2.45, 2.75) is 78.9 Å². The van der Waals surface area contributed by atoms with E-state index in [4.69, 9.17) is 9.15 Å². The largest absolute Gasteiger partial charge is 0.464 e. The van der Waals surface area contributed by atoms with E-state index in [9.17, 15) is 0 Å². The van der Waals surface area contributed by atoms with Crippen LogP contribution in [0.1, 0.15) is 75.9 Å². The number of hydrogen-bond acceptors (Lipinski definition) is 3. The van der Waals surface area contributed by atoms with Crippen LogP contribution >= 0.6 is 0 Å². The summed E-state index contributed by atoms with van der Waals surface area (Å²) in [7, 11) is 0. The first-order valence-electron chi connectivity index (χ1n) is 8.64. The summed E-state index contributed by atoms with van der Waals surface area (Å²) in [6.45, 7) is 9.84. The topological polar surface area (TPSA) is 34.4 Å². The van der Waals surface area contributed by atoms with Gasteiger partial charge in [-0.3, -0.25) is 0 Å². The smallest absolute Gasteiger partial charge is 0.130 e. The van der Waals surface area contributed by atoms with Crippen LogP contribution in [0.2, 0.25) is 0 Å². The summed E-state index contributed by atoms with van der Waals surface area (Å²) in [5, 5.41) is 3.41. The molecule has 1 rings (SSSR count). The van der Waals surface area contributed by atoms with Crippen molar-refractivity contribution in [2.75, 3.05) is 13.2 Å². The number of rotatable bonds is 13. The number of aryl methyl sites for hydroxylation is 1. The van der Waals surface area contributed by atoms with Crippen molar-refractivity contribution in [1.82, 2.24) is 5.32 Å². The number of hydrogen-bond donors (Lipinski definition) is 1. The molecule has 0 aliphatic rings. The van der Waals surface area contributed by atoms with E-state index in [0.29, 0.717) is 6.61 Å². The summed E-state index contributed by atoms with van der Waals surface area (Å²) in [5.74, 6) is 1.96. The fraction of sp³-hybridized carbons (Fsp3) is 0.778. The van der Waals surface area contributed by atoms with Gasteiger partial charge in [-0.2, -0.15) is 0 Å². The second-order valence-corrected chi connectivity index (χ2v) is 5.79. The molecule has 0 aromatic carbocycles. The maximum atomic E-state index is 5.74. The van der Waals surface area contributed by atoms with Gasteiger partial charge in [-0.25, -0.2) is 0 Å². The maximum Gasteiger partial charge on any atom is 0.130 e. The molecule has 1 N–H and O–H groups in total. The van der Waals surface area contributed by atoms with E-state index in [2.05, 4.69) is 25.2 Å². The quantitative estimate of drug-likeness (QED) is 0.522. The average molecular weight is 295 g/mol. The zero-order chi connectivity index (χ0) is 15.3. The normalized spacial score (nSPS) is 11.2. The van der Waals surface area contributed by atoms with Crippen LogP contribution in [0.4, 0.5) is 0 Å². The summed E-state index contributed by atoms with van der Waals surface area (Å²) >= 11 is 0. The standard InChI is InChI=1S/C18H33NO2/c1-4-6-7-8-9-10-12-20-15-18-13-17(16(3)21-18)14-19-11-5-2/h13,19H,4-12,14-15H2,1-3H3. The Balaban J connectivity index is 2.10. The van der Waals surface area contributed by atoms with E-state index in [-0.39, 0.29) is 0 Å². The summed E-state index contributed by atoms with van der Waals surface area (Å²) in [6, 6.07) is 2.12. The average Bonchev–Trinajstić information content (AvgIpc) is 2.82. The molecule has 0 saturated heterocycles. The van der Waals surface area contributed by atoms with E-state index in [1.54, 1.807) is 0 Å². The lowest BCUT2D eigenvalue weighted by Crippen LogP contribution is -2.13. The van der Waals surface area contributed by atoms with E-state index in [1.807, 2.05) is 6.92 Å². The highest BCUT2D eigenvalue weighted by molar-refractivity contribution is 5.20. The third-order valence-corrected chi connectivity index (χ3v) is 3.70. The minimum atomic E-state index is 0.601. The maximum absolute atomic E-state index is 5.74. The van der Waals surface area contributed by atoms with E-state index in [0.717, 1.165) is 44.1 Å². The highest BCUT2D eigenvalue weighted by Gasteiger charge is 2.07. The third-order valence-electron chi connectivity index (χ3n) is 3.70. The molecular formula is C18H33NO2. The SMILES string of the molecule is CCCCCCCCOCc1cc(CNCCC)c(C)o1. The molecule has 0 fully saturated rings. The van der Waals surface area contributed by atoms with Crippen LogP contribution in [-0.2, 0) is 17.9 Å². The molecule has 21 heavy (non-hydrogen) atoms. The van der Waals surface area contributed by atoms with Crippen molar-refractivity contribution >= 4 is 0 Å². The highest BCUT2D eigenvalue weighted by Crippen LogP contribution is 2.15. The summed E-state index contributed by atoms with van der Waals surface area (Å²) in [6.07, 6.45) is 8.97. The van der Waals surface area contributed by atoms with Crippen molar-refractivity contribution in [3.8, 4) is 0 Å². The van der Waals surface area contributed by atoms with Gasteiger partial charge in [-0.15, -0.1) is 0 Å². The zero-order valence-electron chi connectivity index (χ0n) is 14.2. The van der Waals surface area contributed by atoms with Crippen molar-refractivity contribution in [3.05, 3.63) is 23.2 Å². The lowest BCUT2D eigenvalue weighted by atomic mass is 10.1. The first kappa shape index (κ1) is 18.2. The van der Waals surface area contributed by atoms with E-state index in [1.165, 1.54) is 37.7 Å². The Hall–Kier alpha value is -0.800. The van der Waals surface area contributed by atoms with Gasteiger partial charge in [-0.1, -0.05) is 46.0 Å². The fourth-order valence-electron chi connectivity index (χ4n) is 2.39. The Labute approximate surface area is 130 Å².